The fourth-order valence-electron chi connectivity index (χ4n) is 3.68. The van der Waals surface area contributed by atoms with Gasteiger partial charge in [-0.15, -0.1) is 5.10 Å². The zero-order valence-corrected chi connectivity index (χ0v) is 18.8. The minimum atomic E-state index is -4.18. The van der Waals surface area contributed by atoms with Crippen LogP contribution in [-0.4, -0.2) is 41.5 Å². The third kappa shape index (κ3) is 4.28. The number of benzene rings is 1. The molecule has 2 aromatic heterocycles. The van der Waals surface area contributed by atoms with Crippen LogP contribution in [0.5, 0.6) is 5.88 Å². The third-order valence-electron chi connectivity index (χ3n) is 5.23. The van der Waals surface area contributed by atoms with Crippen LogP contribution in [-0.2, 0) is 22.9 Å². The van der Waals surface area contributed by atoms with E-state index in [1.54, 1.807) is 12.3 Å². The second-order valence-electron chi connectivity index (χ2n) is 7.72. The van der Waals surface area contributed by atoms with Crippen LogP contribution in [0.15, 0.2) is 41.7 Å². The molecule has 2 N–H and O–H groups in total. The lowest BCUT2D eigenvalue weighted by molar-refractivity contribution is 0.256. The summed E-state index contributed by atoms with van der Waals surface area (Å²) in [4.78, 5) is 18.2. The van der Waals surface area contributed by atoms with Crippen molar-refractivity contribution in [3.63, 3.8) is 0 Å². The fourth-order valence-corrected chi connectivity index (χ4v) is 4.46. The lowest BCUT2D eigenvalue weighted by Crippen LogP contribution is -2.35. The summed E-state index contributed by atoms with van der Waals surface area (Å²) in [6.07, 6.45) is 5.39. The average Bonchev–Trinajstić information content (AvgIpc) is 3.44. The predicted octanol–water partition coefficient (Wildman–Crippen LogP) is 2.93. The largest absolute Gasteiger partial charge is 0.481 e. The van der Waals surface area contributed by atoms with Crippen molar-refractivity contribution >= 4 is 21.7 Å². The summed E-state index contributed by atoms with van der Waals surface area (Å²) in [5, 5.41) is 10.3. The van der Waals surface area contributed by atoms with Gasteiger partial charge in [-0.3, -0.25) is 0 Å². The molecule has 4 rings (SSSR count). The number of sulfonamides is 1. The first-order valence-electron chi connectivity index (χ1n) is 10.2. The maximum Gasteiger partial charge on any atom is 0.333 e. The molecule has 3 aromatic rings. The number of amides is 2. The second-order valence-corrected chi connectivity index (χ2v) is 9.35. The molecule has 0 unspecified atom stereocenters. The summed E-state index contributed by atoms with van der Waals surface area (Å²) in [7, 11) is -2.65. The van der Waals surface area contributed by atoms with Crippen molar-refractivity contribution in [1.29, 1.82) is 0 Å². The van der Waals surface area contributed by atoms with Gasteiger partial charge in [0.2, 0.25) is 10.9 Å². The Balaban J connectivity index is 1.64. The van der Waals surface area contributed by atoms with E-state index >= 15 is 0 Å². The van der Waals surface area contributed by atoms with Crippen molar-refractivity contribution < 1.29 is 17.9 Å². The molecule has 2 amide bonds. The number of ether oxygens (including phenoxy) is 1. The SMILES string of the molecule is COc1cc(-c2ccc3c(c2NC(=O)NS(=O)(=O)c2cnn(C(C)C)n2)CCC3)ccn1. The van der Waals surface area contributed by atoms with E-state index in [0.29, 0.717) is 11.6 Å². The standard InChI is InChI=1S/C21H24N6O4S/c1-13(2)27-23-12-19(25-27)32(29,30)26-21(28)24-20-16-6-4-5-14(16)7-8-17(20)15-9-10-22-18(11-15)31-3/h7-13H,4-6H2,1-3H3,(H2,24,26,28). The number of carbonyl (C=O) groups excluding carboxylic acids is 1. The van der Waals surface area contributed by atoms with Crippen LogP contribution < -0.4 is 14.8 Å². The molecule has 0 fully saturated rings. The number of methoxy groups -OCH3 is 1. The summed E-state index contributed by atoms with van der Waals surface area (Å²) in [5.74, 6) is 0.439. The lowest BCUT2D eigenvalue weighted by Gasteiger charge is -2.17. The number of nitrogens with one attached hydrogen (secondary N) is 2. The van der Waals surface area contributed by atoms with Gasteiger partial charge < -0.3 is 10.1 Å². The Labute approximate surface area is 186 Å². The van der Waals surface area contributed by atoms with E-state index in [1.165, 1.54) is 11.9 Å². The highest BCUT2D eigenvalue weighted by Crippen LogP contribution is 2.38. The Kier molecular flexibility index (Phi) is 5.83. The van der Waals surface area contributed by atoms with Crippen LogP contribution in [0.1, 0.15) is 37.4 Å². The highest BCUT2D eigenvalue weighted by atomic mass is 32.2. The molecule has 0 radical (unpaired) electrons. The summed E-state index contributed by atoms with van der Waals surface area (Å²) in [6, 6.07) is 6.54. The number of urea groups is 1. The van der Waals surface area contributed by atoms with Gasteiger partial charge in [0.15, 0.2) is 0 Å². The van der Waals surface area contributed by atoms with Crippen LogP contribution in [0, 0.1) is 0 Å². The Morgan fingerprint density at radius 1 is 1.22 bits per heavy atom. The van der Waals surface area contributed by atoms with Crippen LogP contribution in [0.25, 0.3) is 11.1 Å². The van der Waals surface area contributed by atoms with Gasteiger partial charge in [-0.25, -0.2) is 14.5 Å². The highest BCUT2D eigenvalue weighted by molar-refractivity contribution is 7.90. The summed E-state index contributed by atoms with van der Waals surface area (Å²) in [6.45, 7) is 3.64. The molecule has 0 aliphatic heterocycles. The molecule has 32 heavy (non-hydrogen) atoms. The predicted molar refractivity (Wildman–Crippen MR) is 118 cm³/mol. The van der Waals surface area contributed by atoms with Gasteiger partial charge >= 0.3 is 6.03 Å². The first-order valence-corrected chi connectivity index (χ1v) is 11.7. The Bertz CT molecular complexity index is 1270. The molecule has 11 heteroatoms. The number of pyridine rings is 1. The van der Waals surface area contributed by atoms with Crippen LogP contribution in [0.3, 0.4) is 0 Å². The molecule has 0 saturated heterocycles. The number of nitrogens with zero attached hydrogens (tertiary/aromatic N) is 4. The molecule has 1 aromatic carbocycles. The van der Waals surface area contributed by atoms with Gasteiger partial charge in [-0.05, 0) is 55.9 Å². The molecule has 0 saturated carbocycles. The minimum absolute atomic E-state index is 0.111. The van der Waals surface area contributed by atoms with E-state index in [-0.39, 0.29) is 11.1 Å². The average molecular weight is 457 g/mol. The lowest BCUT2D eigenvalue weighted by atomic mass is 9.98. The van der Waals surface area contributed by atoms with Gasteiger partial charge in [-0.2, -0.15) is 18.3 Å². The zero-order valence-electron chi connectivity index (χ0n) is 18.0. The van der Waals surface area contributed by atoms with Gasteiger partial charge in [0.25, 0.3) is 10.0 Å². The molecule has 1 aliphatic rings. The van der Waals surface area contributed by atoms with Gasteiger partial charge in [0.1, 0.15) is 0 Å². The molecule has 168 valence electrons. The number of hydrogen-bond acceptors (Lipinski definition) is 7. The maximum absolute atomic E-state index is 12.8. The highest BCUT2D eigenvalue weighted by Gasteiger charge is 2.25. The van der Waals surface area contributed by atoms with Crippen molar-refractivity contribution in [2.75, 3.05) is 12.4 Å². The fraction of sp³-hybridized carbons (Fsp3) is 0.333. The number of fused-ring (bicyclic) bond motifs is 1. The first-order chi connectivity index (χ1) is 15.3. The molecular weight excluding hydrogens is 432 g/mol. The molecule has 0 bridgehead atoms. The summed E-state index contributed by atoms with van der Waals surface area (Å²) < 4.78 is 32.5. The molecule has 0 atom stereocenters. The number of hydrogen-bond donors (Lipinski definition) is 2. The van der Waals surface area contributed by atoms with Crippen LogP contribution >= 0.6 is 0 Å². The topological polar surface area (TPSA) is 128 Å². The van der Waals surface area contributed by atoms with Gasteiger partial charge in [0.05, 0.1) is 25.0 Å². The maximum atomic E-state index is 12.8. The molecule has 1 aliphatic carbocycles. The smallest absolute Gasteiger partial charge is 0.333 e. The summed E-state index contributed by atoms with van der Waals surface area (Å²) in [5.41, 5.74) is 4.26. The Hall–Kier alpha value is -3.47. The van der Waals surface area contributed by atoms with E-state index in [2.05, 4.69) is 20.5 Å². The van der Waals surface area contributed by atoms with Crippen molar-refractivity contribution in [3.05, 3.63) is 47.8 Å². The van der Waals surface area contributed by atoms with Gasteiger partial charge in [0, 0.05) is 17.8 Å². The number of carbonyl (C=O) groups is 1. The Morgan fingerprint density at radius 2 is 2.03 bits per heavy atom. The monoisotopic (exact) mass is 456 g/mol. The van der Waals surface area contributed by atoms with Gasteiger partial charge in [-0.1, -0.05) is 12.1 Å². The molecule has 0 spiro atoms. The molecular formula is C21H24N6O4S. The molecule has 10 nitrogen and oxygen atoms in total. The van der Waals surface area contributed by atoms with E-state index in [1.807, 2.05) is 36.8 Å². The van der Waals surface area contributed by atoms with E-state index < -0.39 is 16.1 Å². The zero-order chi connectivity index (χ0) is 22.9. The van der Waals surface area contributed by atoms with E-state index in [4.69, 9.17) is 4.74 Å². The Morgan fingerprint density at radius 3 is 2.75 bits per heavy atom. The van der Waals surface area contributed by atoms with Crippen molar-refractivity contribution in [3.8, 4) is 17.0 Å². The third-order valence-corrected chi connectivity index (χ3v) is 6.42. The summed E-state index contributed by atoms with van der Waals surface area (Å²) >= 11 is 0. The van der Waals surface area contributed by atoms with Crippen molar-refractivity contribution in [2.45, 2.75) is 44.2 Å². The second kappa shape index (κ2) is 8.58. The van der Waals surface area contributed by atoms with E-state index in [9.17, 15) is 13.2 Å². The number of rotatable bonds is 6. The number of aromatic nitrogens is 4. The number of anilines is 1. The molecule has 2 heterocycles. The first kappa shape index (κ1) is 21.8. The van der Waals surface area contributed by atoms with Crippen LogP contribution in [0.4, 0.5) is 10.5 Å². The minimum Gasteiger partial charge on any atom is -0.481 e. The van der Waals surface area contributed by atoms with Crippen molar-refractivity contribution in [1.82, 2.24) is 24.7 Å². The van der Waals surface area contributed by atoms with Crippen molar-refractivity contribution in [2.24, 2.45) is 0 Å². The normalized spacial score (nSPS) is 13.1. The number of aryl methyl sites for hydroxylation is 1. The quantitative estimate of drug-likeness (QED) is 0.583. The van der Waals surface area contributed by atoms with Crippen LogP contribution in [0.2, 0.25) is 0 Å². The van der Waals surface area contributed by atoms with E-state index in [0.717, 1.165) is 47.7 Å².